The van der Waals surface area contributed by atoms with Crippen LogP contribution in [0, 0.1) is 0 Å². The van der Waals surface area contributed by atoms with Crippen LogP contribution in [-0.2, 0) is 6.54 Å². The number of anilines is 1. The summed E-state index contributed by atoms with van der Waals surface area (Å²) in [5, 5.41) is 0. The zero-order chi connectivity index (χ0) is 20.1. The highest BCUT2D eigenvalue weighted by atomic mass is 16.2. The second kappa shape index (κ2) is 8.86. The molecule has 2 heterocycles. The molecule has 1 saturated heterocycles. The van der Waals surface area contributed by atoms with E-state index in [1.165, 1.54) is 0 Å². The first-order valence-corrected chi connectivity index (χ1v) is 10.3. The fourth-order valence-electron chi connectivity index (χ4n) is 3.66. The van der Waals surface area contributed by atoms with Crippen LogP contribution in [0.15, 0.2) is 66.7 Å². The summed E-state index contributed by atoms with van der Waals surface area (Å²) >= 11 is 0. The predicted octanol–water partition coefficient (Wildman–Crippen LogP) is 4.41. The Morgan fingerprint density at radius 2 is 1.62 bits per heavy atom. The molecule has 0 unspecified atom stereocenters. The van der Waals surface area contributed by atoms with Gasteiger partial charge in [0, 0.05) is 37.8 Å². The Bertz CT molecular complexity index is 953. The molecule has 1 aromatic heterocycles. The fraction of sp³-hybridized carbons (Fsp3) is 0.292. The molecule has 0 atom stereocenters. The van der Waals surface area contributed by atoms with Crippen LogP contribution in [0.25, 0.3) is 11.4 Å². The molecular weight excluding hydrogens is 360 g/mol. The summed E-state index contributed by atoms with van der Waals surface area (Å²) in [4.78, 5) is 26.9. The average Bonchev–Trinajstić information content (AvgIpc) is 3.33. The van der Waals surface area contributed by atoms with Gasteiger partial charge in [-0.15, -0.1) is 0 Å². The first-order chi connectivity index (χ1) is 14.2. The third kappa shape index (κ3) is 4.45. The molecule has 1 aliphatic rings. The Morgan fingerprint density at radius 3 is 2.28 bits per heavy atom. The molecule has 3 aromatic rings. The topological polar surface area (TPSA) is 49.3 Å². The van der Waals surface area contributed by atoms with Crippen molar-refractivity contribution >= 4 is 11.7 Å². The van der Waals surface area contributed by atoms with Crippen molar-refractivity contribution in [1.82, 2.24) is 14.9 Å². The minimum absolute atomic E-state index is 0.0589. The van der Waals surface area contributed by atoms with Gasteiger partial charge in [0.15, 0.2) is 5.82 Å². The standard InChI is InChI=1S/C24H26N4O/c1-2-27(18-19-11-5-3-6-12-19)24(29)21-17-22(28-15-9-10-16-28)26-23(25-21)20-13-7-4-8-14-20/h3-8,11-14,17H,2,9-10,15-16,18H2,1H3. The van der Waals surface area contributed by atoms with Gasteiger partial charge >= 0.3 is 0 Å². The van der Waals surface area contributed by atoms with Crippen molar-refractivity contribution in [3.05, 3.63) is 78.0 Å². The SMILES string of the molecule is CCN(Cc1ccccc1)C(=O)c1cc(N2CCCC2)nc(-c2ccccc2)n1. The molecule has 1 fully saturated rings. The van der Waals surface area contributed by atoms with Gasteiger partial charge in [-0.2, -0.15) is 0 Å². The van der Waals surface area contributed by atoms with E-state index >= 15 is 0 Å². The van der Waals surface area contributed by atoms with Gasteiger partial charge in [-0.3, -0.25) is 4.79 Å². The zero-order valence-electron chi connectivity index (χ0n) is 16.8. The lowest BCUT2D eigenvalue weighted by atomic mass is 10.2. The molecule has 0 saturated carbocycles. The zero-order valence-corrected chi connectivity index (χ0v) is 16.8. The largest absolute Gasteiger partial charge is 0.356 e. The van der Waals surface area contributed by atoms with E-state index in [1.807, 2.05) is 78.6 Å². The van der Waals surface area contributed by atoms with E-state index in [4.69, 9.17) is 4.98 Å². The maximum absolute atomic E-state index is 13.3. The maximum Gasteiger partial charge on any atom is 0.272 e. The van der Waals surface area contributed by atoms with Crippen LogP contribution in [0.1, 0.15) is 35.8 Å². The van der Waals surface area contributed by atoms with Crippen molar-refractivity contribution in [3.63, 3.8) is 0 Å². The molecule has 0 aliphatic carbocycles. The van der Waals surface area contributed by atoms with Crippen molar-refractivity contribution in [2.24, 2.45) is 0 Å². The molecule has 29 heavy (non-hydrogen) atoms. The smallest absolute Gasteiger partial charge is 0.272 e. The Balaban J connectivity index is 1.69. The first kappa shape index (κ1) is 19.1. The molecule has 4 rings (SSSR count). The maximum atomic E-state index is 13.3. The Hall–Kier alpha value is -3.21. The third-order valence-corrected chi connectivity index (χ3v) is 5.28. The van der Waals surface area contributed by atoms with Crippen LogP contribution >= 0.6 is 0 Å². The lowest BCUT2D eigenvalue weighted by Gasteiger charge is -2.22. The summed E-state index contributed by atoms with van der Waals surface area (Å²) in [7, 11) is 0. The number of carbonyl (C=O) groups excluding carboxylic acids is 1. The summed E-state index contributed by atoms with van der Waals surface area (Å²) in [5.41, 5.74) is 2.49. The summed E-state index contributed by atoms with van der Waals surface area (Å²) in [6.07, 6.45) is 2.31. The van der Waals surface area contributed by atoms with Crippen LogP contribution in [0.2, 0.25) is 0 Å². The van der Waals surface area contributed by atoms with Crippen molar-refractivity contribution in [3.8, 4) is 11.4 Å². The van der Waals surface area contributed by atoms with Crippen LogP contribution in [0.3, 0.4) is 0 Å². The van der Waals surface area contributed by atoms with Gasteiger partial charge in [0.25, 0.3) is 5.91 Å². The lowest BCUT2D eigenvalue weighted by Crippen LogP contribution is -2.31. The van der Waals surface area contributed by atoms with Gasteiger partial charge in [0.05, 0.1) is 0 Å². The lowest BCUT2D eigenvalue weighted by molar-refractivity contribution is 0.0746. The number of hydrogen-bond acceptors (Lipinski definition) is 4. The molecule has 2 aromatic carbocycles. The quantitative estimate of drug-likeness (QED) is 0.630. The Labute approximate surface area is 172 Å². The van der Waals surface area contributed by atoms with Gasteiger partial charge in [0.2, 0.25) is 0 Å². The molecule has 0 N–H and O–H groups in total. The van der Waals surface area contributed by atoms with E-state index < -0.39 is 0 Å². The highest BCUT2D eigenvalue weighted by molar-refractivity contribution is 5.93. The number of hydrogen-bond donors (Lipinski definition) is 0. The molecule has 1 aliphatic heterocycles. The highest BCUT2D eigenvalue weighted by Gasteiger charge is 2.22. The summed E-state index contributed by atoms with van der Waals surface area (Å²) in [5.74, 6) is 1.39. The number of amides is 1. The molecule has 1 amide bonds. The first-order valence-electron chi connectivity index (χ1n) is 10.3. The number of nitrogens with zero attached hydrogens (tertiary/aromatic N) is 4. The second-order valence-corrected chi connectivity index (χ2v) is 7.30. The molecule has 0 radical (unpaired) electrons. The second-order valence-electron chi connectivity index (χ2n) is 7.30. The van der Waals surface area contributed by atoms with Gasteiger partial charge in [-0.1, -0.05) is 60.7 Å². The van der Waals surface area contributed by atoms with Crippen LogP contribution in [-0.4, -0.2) is 40.4 Å². The van der Waals surface area contributed by atoms with Crippen LogP contribution < -0.4 is 4.90 Å². The number of rotatable bonds is 6. The van der Waals surface area contributed by atoms with E-state index in [9.17, 15) is 4.79 Å². The number of aromatic nitrogens is 2. The van der Waals surface area contributed by atoms with Crippen molar-refractivity contribution in [1.29, 1.82) is 0 Å². The highest BCUT2D eigenvalue weighted by Crippen LogP contribution is 2.24. The van der Waals surface area contributed by atoms with Crippen molar-refractivity contribution in [2.75, 3.05) is 24.5 Å². The predicted molar refractivity (Wildman–Crippen MR) is 116 cm³/mol. The van der Waals surface area contributed by atoms with E-state index in [0.717, 1.165) is 42.9 Å². The van der Waals surface area contributed by atoms with Crippen molar-refractivity contribution in [2.45, 2.75) is 26.3 Å². The summed E-state index contributed by atoms with van der Waals surface area (Å²) in [6.45, 7) is 5.14. The molecule has 0 spiro atoms. The van der Waals surface area contributed by atoms with E-state index in [-0.39, 0.29) is 5.91 Å². The van der Waals surface area contributed by atoms with Crippen molar-refractivity contribution < 1.29 is 4.79 Å². The Morgan fingerprint density at radius 1 is 0.966 bits per heavy atom. The minimum atomic E-state index is -0.0589. The monoisotopic (exact) mass is 386 g/mol. The van der Waals surface area contributed by atoms with E-state index in [2.05, 4.69) is 9.88 Å². The number of carbonyl (C=O) groups is 1. The van der Waals surface area contributed by atoms with Crippen LogP contribution in [0.5, 0.6) is 0 Å². The normalized spacial score (nSPS) is 13.5. The van der Waals surface area contributed by atoms with Gasteiger partial charge in [-0.25, -0.2) is 9.97 Å². The molecule has 5 heteroatoms. The van der Waals surface area contributed by atoms with E-state index in [0.29, 0.717) is 24.6 Å². The minimum Gasteiger partial charge on any atom is -0.356 e. The molecule has 0 bridgehead atoms. The van der Waals surface area contributed by atoms with Crippen LogP contribution in [0.4, 0.5) is 5.82 Å². The molecule has 148 valence electrons. The molecule has 5 nitrogen and oxygen atoms in total. The van der Waals surface area contributed by atoms with Gasteiger partial charge in [0.1, 0.15) is 11.5 Å². The molecular formula is C24H26N4O. The fourth-order valence-corrected chi connectivity index (χ4v) is 3.66. The Kier molecular flexibility index (Phi) is 5.84. The third-order valence-electron chi connectivity index (χ3n) is 5.28. The summed E-state index contributed by atoms with van der Waals surface area (Å²) in [6, 6.07) is 21.8. The summed E-state index contributed by atoms with van der Waals surface area (Å²) < 4.78 is 0. The van der Waals surface area contributed by atoms with Gasteiger partial charge < -0.3 is 9.80 Å². The van der Waals surface area contributed by atoms with E-state index in [1.54, 1.807) is 0 Å². The average molecular weight is 386 g/mol. The van der Waals surface area contributed by atoms with Gasteiger partial charge in [-0.05, 0) is 25.3 Å². The number of benzene rings is 2.